The van der Waals surface area contributed by atoms with Crippen molar-refractivity contribution < 1.29 is 4.74 Å². The highest BCUT2D eigenvalue weighted by molar-refractivity contribution is 5.58. The molecule has 1 heterocycles. The third kappa shape index (κ3) is 2.06. The van der Waals surface area contributed by atoms with Crippen molar-refractivity contribution in [2.24, 2.45) is 0 Å². The number of nitrogens with zero attached hydrogens (tertiary/aromatic N) is 3. The molecule has 86 valence electrons. The summed E-state index contributed by atoms with van der Waals surface area (Å²) in [5.74, 6) is 0.944. The van der Waals surface area contributed by atoms with Crippen molar-refractivity contribution >= 4 is 5.69 Å². The van der Waals surface area contributed by atoms with Gasteiger partial charge in [0.05, 0.1) is 18.0 Å². The summed E-state index contributed by atoms with van der Waals surface area (Å²) in [5.41, 5.74) is 7.17. The number of anilines is 1. The van der Waals surface area contributed by atoms with E-state index < -0.39 is 0 Å². The molecule has 0 unspecified atom stereocenters. The van der Waals surface area contributed by atoms with Gasteiger partial charge in [-0.1, -0.05) is 0 Å². The fourth-order valence-electron chi connectivity index (χ4n) is 1.55. The Morgan fingerprint density at radius 2 is 2.35 bits per heavy atom. The lowest BCUT2D eigenvalue weighted by Gasteiger charge is -2.10. The first kappa shape index (κ1) is 11.0. The van der Waals surface area contributed by atoms with Crippen molar-refractivity contribution in [2.75, 3.05) is 12.3 Å². The van der Waals surface area contributed by atoms with E-state index in [9.17, 15) is 0 Å². The van der Waals surface area contributed by atoms with Crippen LogP contribution in [-0.4, -0.2) is 16.2 Å². The smallest absolute Gasteiger partial charge is 0.217 e. The molecule has 1 aromatic heterocycles. The summed E-state index contributed by atoms with van der Waals surface area (Å²) in [7, 11) is 0. The minimum Gasteiger partial charge on any atom is -0.492 e. The number of hydrogen-bond donors (Lipinski definition) is 1. The predicted octanol–water partition coefficient (Wildman–Crippen LogP) is 1.72. The summed E-state index contributed by atoms with van der Waals surface area (Å²) < 4.78 is 7.09. The van der Waals surface area contributed by atoms with Gasteiger partial charge in [0.2, 0.25) is 5.82 Å². The Balaban J connectivity index is 2.47. The fourth-order valence-corrected chi connectivity index (χ4v) is 1.55. The van der Waals surface area contributed by atoms with Gasteiger partial charge in [-0.25, -0.2) is 4.98 Å². The lowest BCUT2D eigenvalue weighted by molar-refractivity contribution is 0.342. The topological polar surface area (TPSA) is 76.9 Å². The van der Waals surface area contributed by atoms with Crippen LogP contribution < -0.4 is 10.5 Å². The van der Waals surface area contributed by atoms with E-state index in [0.717, 1.165) is 5.69 Å². The second-order valence-electron chi connectivity index (χ2n) is 3.39. The molecule has 2 rings (SSSR count). The van der Waals surface area contributed by atoms with Crippen LogP contribution in [0.3, 0.4) is 0 Å². The number of nitrogen functional groups attached to an aromatic ring is 1. The quantitative estimate of drug-likeness (QED) is 0.811. The first-order chi connectivity index (χ1) is 8.26. The number of nitrogens with two attached hydrogens (primary N) is 1. The number of rotatable bonds is 3. The van der Waals surface area contributed by atoms with Gasteiger partial charge >= 0.3 is 0 Å². The van der Waals surface area contributed by atoms with Crippen molar-refractivity contribution in [3.05, 3.63) is 36.4 Å². The van der Waals surface area contributed by atoms with Crippen molar-refractivity contribution in [1.29, 1.82) is 5.26 Å². The minimum atomic E-state index is 0.331. The molecule has 0 atom stereocenters. The SMILES string of the molecule is CCOc1cc(-n2ccnc2C#N)ccc1N. The molecule has 0 fully saturated rings. The predicted molar refractivity (Wildman–Crippen MR) is 63.9 cm³/mol. The molecule has 0 aliphatic rings. The molecule has 5 nitrogen and oxygen atoms in total. The molecule has 2 aromatic rings. The zero-order valence-corrected chi connectivity index (χ0v) is 9.42. The van der Waals surface area contributed by atoms with Crippen LogP contribution in [0.1, 0.15) is 12.7 Å². The average molecular weight is 228 g/mol. The molecule has 0 aliphatic heterocycles. The van der Waals surface area contributed by atoms with E-state index in [1.54, 1.807) is 29.1 Å². The molecule has 2 N–H and O–H groups in total. The number of hydrogen-bond acceptors (Lipinski definition) is 4. The fraction of sp³-hybridized carbons (Fsp3) is 0.167. The van der Waals surface area contributed by atoms with Gasteiger partial charge in [-0.15, -0.1) is 0 Å². The molecule has 0 saturated heterocycles. The van der Waals surface area contributed by atoms with Gasteiger partial charge in [-0.2, -0.15) is 5.26 Å². The van der Waals surface area contributed by atoms with E-state index in [4.69, 9.17) is 15.7 Å². The largest absolute Gasteiger partial charge is 0.492 e. The number of benzene rings is 1. The zero-order chi connectivity index (χ0) is 12.3. The average Bonchev–Trinajstić information content (AvgIpc) is 2.80. The molecule has 5 heteroatoms. The molecule has 1 aromatic carbocycles. The molecular formula is C12H12N4O. The number of imidazole rings is 1. The van der Waals surface area contributed by atoms with E-state index in [2.05, 4.69) is 4.98 Å². The summed E-state index contributed by atoms with van der Waals surface area (Å²) in [6.45, 7) is 2.44. The highest BCUT2D eigenvalue weighted by Gasteiger charge is 2.07. The summed E-state index contributed by atoms with van der Waals surface area (Å²) in [4.78, 5) is 3.94. The van der Waals surface area contributed by atoms with Crippen LogP contribution in [0.2, 0.25) is 0 Å². The Morgan fingerprint density at radius 3 is 3.06 bits per heavy atom. The number of nitriles is 1. The summed E-state index contributed by atoms with van der Waals surface area (Å²) in [5, 5.41) is 8.91. The Hall–Kier alpha value is -2.48. The summed E-state index contributed by atoms with van der Waals surface area (Å²) in [6, 6.07) is 7.38. The van der Waals surface area contributed by atoms with Crippen molar-refractivity contribution in [3.63, 3.8) is 0 Å². The second kappa shape index (κ2) is 4.58. The van der Waals surface area contributed by atoms with E-state index in [1.807, 2.05) is 19.1 Å². The second-order valence-corrected chi connectivity index (χ2v) is 3.39. The lowest BCUT2D eigenvalue weighted by Crippen LogP contribution is -2.01. The number of aromatic nitrogens is 2. The van der Waals surface area contributed by atoms with Gasteiger partial charge in [0.15, 0.2) is 0 Å². The molecule has 0 bridgehead atoms. The van der Waals surface area contributed by atoms with E-state index in [0.29, 0.717) is 23.9 Å². The van der Waals surface area contributed by atoms with Crippen LogP contribution in [0.5, 0.6) is 5.75 Å². The van der Waals surface area contributed by atoms with E-state index in [-0.39, 0.29) is 0 Å². The minimum absolute atomic E-state index is 0.331. The maximum Gasteiger partial charge on any atom is 0.217 e. The third-order valence-corrected chi connectivity index (χ3v) is 2.32. The highest BCUT2D eigenvalue weighted by Crippen LogP contribution is 2.25. The Bertz CT molecular complexity index is 568. The maximum absolute atomic E-state index is 8.91. The molecule has 17 heavy (non-hydrogen) atoms. The van der Waals surface area contributed by atoms with Crippen molar-refractivity contribution in [2.45, 2.75) is 6.92 Å². The molecule has 0 spiro atoms. The first-order valence-corrected chi connectivity index (χ1v) is 5.22. The molecule has 0 radical (unpaired) electrons. The van der Waals surface area contributed by atoms with Crippen LogP contribution in [0.15, 0.2) is 30.6 Å². The van der Waals surface area contributed by atoms with Crippen LogP contribution in [-0.2, 0) is 0 Å². The number of ether oxygens (including phenoxy) is 1. The van der Waals surface area contributed by atoms with Gasteiger partial charge < -0.3 is 10.5 Å². The lowest BCUT2D eigenvalue weighted by atomic mass is 10.2. The van der Waals surface area contributed by atoms with Crippen LogP contribution in [0.4, 0.5) is 5.69 Å². The monoisotopic (exact) mass is 228 g/mol. The van der Waals surface area contributed by atoms with Crippen LogP contribution in [0.25, 0.3) is 5.69 Å². The van der Waals surface area contributed by atoms with Crippen LogP contribution >= 0.6 is 0 Å². The highest BCUT2D eigenvalue weighted by atomic mass is 16.5. The standard InChI is InChI=1S/C12H12N4O/c1-2-17-11-7-9(3-4-10(11)14)16-6-5-15-12(16)8-13/h3-7H,2,14H2,1H3. The molecule has 0 amide bonds. The summed E-state index contributed by atoms with van der Waals surface area (Å²) >= 11 is 0. The van der Waals surface area contributed by atoms with Gasteiger partial charge in [0, 0.05) is 18.5 Å². The van der Waals surface area contributed by atoms with Crippen molar-refractivity contribution in [3.8, 4) is 17.5 Å². The van der Waals surface area contributed by atoms with Gasteiger partial charge in [-0.3, -0.25) is 4.57 Å². The van der Waals surface area contributed by atoms with Crippen molar-refractivity contribution in [1.82, 2.24) is 9.55 Å². The third-order valence-electron chi connectivity index (χ3n) is 2.32. The van der Waals surface area contributed by atoms with Gasteiger partial charge in [0.25, 0.3) is 0 Å². The van der Waals surface area contributed by atoms with E-state index >= 15 is 0 Å². The molecule has 0 saturated carbocycles. The van der Waals surface area contributed by atoms with Crippen LogP contribution in [0, 0.1) is 11.3 Å². The molecular weight excluding hydrogens is 216 g/mol. The normalized spacial score (nSPS) is 9.88. The van der Waals surface area contributed by atoms with Gasteiger partial charge in [0.1, 0.15) is 11.8 Å². The van der Waals surface area contributed by atoms with E-state index in [1.165, 1.54) is 0 Å². The summed E-state index contributed by atoms with van der Waals surface area (Å²) in [6.07, 6.45) is 3.30. The first-order valence-electron chi connectivity index (χ1n) is 5.22. The Morgan fingerprint density at radius 1 is 1.53 bits per heavy atom. The molecule has 0 aliphatic carbocycles. The van der Waals surface area contributed by atoms with Gasteiger partial charge in [-0.05, 0) is 19.1 Å². The zero-order valence-electron chi connectivity index (χ0n) is 9.42. The Labute approximate surface area is 99.1 Å². The maximum atomic E-state index is 8.91. The Kier molecular flexibility index (Phi) is 2.97.